The summed E-state index contributed by atoms with van der Waals surface area (Å²) in [6.45, 7) is 0.547. The van der Waals surface area contributed by atoms with Crippen molar-refractivity contribution < 1.29 is 4.74 Å². The van der Waals surface area contributed by atoms with Gasteiger partial charge in [-0.25, -0.2) is 0 Å². The minimum absolute atomic E-state index is 0.547. The summed E-state index contributed by atoms with van der Waals surface area (Å²) in [5, 5.41) is 0.863. The number of hydrogen-bond donors (Lipinski definition) is 1. The molecule has 0 spiro atoms. The van der Waals surface area contributed by atoms with E-state index in [1.807, 2.05) is 6.07 Å². The highest BCUT2D eigenvalue weighted by Gasteiger charge is 2.13. The van der Waals surface area contributed by atoms with Gasteiger partial charge in [0, 0.05) is 23.1 Å². The Morgan fingerprint density at radius 3 is 2.72 bits per heavy atom. The second-order valence-electron chi connectivity index (χ2n) is 4.92. The van der Waals surface area contributed by atoms with Crippen molar-refractivity contribution in [2.45, 2.75) is 49.7 Å². The maximum Gasteiger partial charge on any atom is 0.123 e. The molecular weight excluding hydrogens is 242 g/mol. The zero-order chi connectivity index (χ0) is 12.8. The van der Waals surface area contributed by atoms with Crippen LogP contribution in [0, 0.1) is 0 Å². The monoisotopic (exact) mass is 265 g/mol. The molecule has 0 aromatic heterocycles. The minimum atomic E-state index is 0.547. The van der Waals surface area contributed by atoms with Gasteiger partial charge in [-0.2, -0.15) is 11.8 Å². The van der Waals surface area contributed by atoms with Gasteiger partial charge in [0.05, 0.1) is 7.11 Å². The van der Waals surface area contributed by atoms with Crippen LogP contribution in [0.25, 0.3) is 0 Å². The maximum absolute atomic E-state index is 5.75. The first-order chi connectivity index (χ1) is 8.83. The molecule has 0 heterocycles. The van der Waals surface area contributed by atoms with Crippen molar-refractivity contribution in [2.24, 2.45) is 5.73 Å². The highest BCUT2D eigenvalue weighted by atomic mass is 32.2. The van der Waals surface area contributed by atoms with E-state index in [0.29, 0.717) is 6.54 Å². The summed E-state index contributed by atoms with van der Waals surface area (Å²) in [5.41, 5.74) is 8.23. The SMILES string of the molecule is COc1ccc(CSC2CCCCC2)cc1CN. The van der Waals surface area contributed by atoms with Crippen molar-refractivity contribution in [3.63, 3.8) is 0 Å². The van der Waals surface area contributed by atoms with Crippen molar-refractivity contribution >= 4 is 11.8 Å². The number of rotatable bonds is 5. The van der Waals surface area contributed by atoms with Crippen LogP contribution in [0.3, 0.4) is 0 Å². The Bertz CT molecular complexity index is 375. The summed E-state index contributed by atoms with van der Waals surface area (Å²) in [5.74, 6) is 2.01. The lowest BCUT2D eigenvalue weighted by Crippen LogP contribution is -2.08. The normalized spacial score (nSPS) is 16.8. The molecule has 0 radical (unpaired) electrons. The first-order valence-corrected chi connectivity index (χ1v) is 7.86. The van der Waals surface area contributed by atoms with Crippen molar-refractivity contribution in [2.75, 3.05) is 7.11 Å². The van der Waals surface area contributed by atoms with Crippen LogP contribution in [0.15, 0.2) is 18.2 Å². The van der Waals surface area contributed by atoms with E-state index in [1.165, 1.54) is 37.7 Å². The molecule has 18 heavy (non-hydrogen) atoms. The maximum atomic E-state index is 5.75. The van der Waals surface area contributed by atoms with Crippen LogP contribution >= 0.6 is 11.8 Å². The zero-order valence-corrected chi connectivity index (χ0v) is 12.0. The third kappa shape index (κ3) is 3.66. The second kappa shape index (κ2) is 7.05. The molecule has 3 heteroatoms. The number of hydrogen-bond acceptors (Lipinski definition) is 3. The van der Waals surface area contributed by atoms with Crippen molar-refractivity contribution in [3.8, 4) is 5.75 Å². The molecule has 2 nitrogen and oxygen atoms in total. The number of ether oxygens (including phenoxy) is 1. The molecule has 1 aromatic carbocycles. The van der Waals surface area contributed by atoms with E-state index in [2.05, 4.69) is 23.9 Å². The molecule has 100 valence electrons. The Kier molecular flexibility index (Phi) is 5.39. The molecule has 1 aromatic rings. The van der Waals surface area contributed by atoms with Gasteiger partial charge >= 0.3 is 0 Å². The molecule has 0 unspecified atom stereocenters. The van der Waals surface area contributed by atoms with Crippen molar-refractivity contribution in [1.29, 1.82) is 0 Å². The predicted octanol–water partition coefficient (Wildman–Crippen LogP) is 3.72. The summed E-state index contributed by atoms with van der Waals surface area (Å²) in [6, 6.07) is 6.39. The van der Waals surface area contributed by atoms with Crippen LogP contribution in [0.5, 0.6) is 5.75 Å². The van der Waals surface area contributed by atoms with Crippen LogP contribution in [-0.4, -0.2) is 12.4 Å². The number of methoxy groups -OCH3 is 1. The van der Waals surface area contributed by atoms with Gasteiger partial charge in [-0.1, -0.05) is 25.3 Å². The minimum Gasteiger partial charge on any atom is -0.496 e. The fourth-order valence-electron chi connectivity index (χ4n) is 2.53. The fourth-order valence-corrected chi connectivity index (χ4v) is 3.80. The molecular formula is C15H23NOS. The Morgan fingerprint density at radius 2 is 2.06 bits per heavy atom. The number of thioether (sulfide) groups is 1. The second-order valence-corrected chi connectivity index (χ2v) is 6.21. The molecule has 1 saturated carbocycles. The van der Waals surface area contributed by atoms with E-state index in [4.69, 9.17) is 10.5 Å². The molecule has 0 atom stereocenters. The molecule has 1 aliphatic rings. The molecule has 0 amide bonds. The van der Waals surface area contributed by atoms with Gasteiger partial charge in [-0.05, 0) is 30.5 Å². The molecule has 0 aliphatic heterocycles. The summed E-state index contributed by atoms with van der Waals surface area (Å²) < 4.78 is 5.30. The highest BCUT2D eigenvalue weighted by molar-refractivity contribution is 7.99. The Hall–Kier alpha value is -0.670. The lowest BCUT2D eigenvalue weighted by molar-refractivity contribution is 0.409. The topological polar surface area (TPSA) is 35.2 Å². The molecule has 1 aliphatic carbocycles. The number of nitrogens with two attached hydrogens (primary N) is 1. The van der Waals surface area contributed by atoms with Crippen LogP contribution < -0.4 is 10.5 Å². The summed E-state index contributed by atoms with van der Waals surface area (Å²) >= 11 is 2.10. The third-order valence-corrected chi connectivity index (χ3v) is 5.05. The summed E-state index contributed by atoms with van der Waals surface area (Å²) in [7, 11) is 1.70. The third-order valence-electron chi connectivity index (χ3n) is 3.60. The smallest absolute Gasteiger partial charge is 0.123 e. The van der Waals surface area contributed by atoms with E-state index in [0.717, 1.165) is 22.3 Å². The lowest BCUT2D eigenvalue weighted by Gasteiger charge is -2.21. The van der Waals surface area contributed by atoms with E-state index in [9.17, 15) is 0 Å². The van der Waals surface area contributed by atoms with E-state index in [-0.39, 0.29) is 0 Å². The largest absolute Gasteiger partial charge is 0.496 e. The summed E-state index contributed by atoms with van der Waals surface area (Å²) in [6.07, 6.45) is 7.04. The molecule has 0 bridgehead atoms. The Labute approximate surface area is 114 Å². The Morgan fingerprint density at radius 1 is 1.28 bits per heavy atom. The van der Waals surface area contributed by atoms with Crippen LogP contribution in [0.1, 0.15) is 43.2 Å². The van der Waals surface area contributed by atoms with Gasteiger partial charge in [-0.3, -0.25) is 0 Å². The van der Waals surface area contributed by atoms with Crippen LogP contribution in [0.2, 0.25) is 0 Å². The molecule has 2 N–H and O–H groups in total. The van der Waals surface area contributed by atoms with Crippen molar-refractivity contribution in [1.82, 2.24) is 0 Å². The van der Waals surface area contributed by atoms with Crippen molar-refractivity contribution in [3.05, 3.63) is 29.3 Å². The number of benzene rings is 1. The highest BCUT2D eigenvalue weighted by Crippen LogP contribution is 2.31. The molecule has 1 fully saturated rings. The quantitative estimate of drug-likeness (QED) is 0.881. The average molecular weight is 265 g/mol. The van der Waals surface area contributed by atoms with Gasteiger partial charge in [0.15, 0.2) is 0 Å². The Balaban J connectivity index is 1.92. The van der Waals surface area contributed by atoms with Crippen LogP contribution in [0.4, 0.5) is 0 Å². The van der Waals surface area contributed by atoms with E-state index < -0.39 is 0 Å². The van der Waals surface area contributed by atoms with Gasteiger partial charge in [-0.15, -0.1) is 0 Å². The lowest BCUT2D eigenvalue weighted by atomic mass is 10.0. The van der Waals surface area contributed by atoms with Gasteiger partial charge < -0.3 is 10.5 Å². The zero-order valence-electron chi connectivity index (χ0n) is 11.2. The summed E-state index contributed by atoms with van der Waals surface area (Å²) in [4.78, 5) is 0. The fraction of sp³-hybridized carbons (Fsp3) is 0.600. The van der Waals surface area contributed by atoms with Gasteiger partial charge in [0.2, 0.25) is 0 Å². The molecule has 2 rings (SSSR count). The first kappa shape index (κ1) is 13.8. The average Bonchev–Trinajstić information content (AvgIpc) is 2.45. The standard InChI is InChI=1S/C15H23NOS/c1-17-15-8-7-12(9-13(15)10-16)11-18-14-5-3-2-4-6-14/h7-9,14H,2-6,10-11,16H2,1H3. The van der Waals surface area contributed by atoms with E-state index >= 15 is 0 Å². The van der Waals surface area contributed by atoms with Crippen LogP contribution in [-0.2, 0) is 12.3 Å². The first-order valence-electron chi connectivity index (χ1n) is 6.81. The molecule has 0 saturated heterocycles. The predicted molar refractivity (Wildman–Crippen MR) is 79.1 cm³/mol. The van der Waals surface area contributed by atoms with Gasteiger partial charge in [0.25, 0.3) is 0 Å². The van der Waals surface area contributed by atoms with Gasteiger partial charge in [0.1, 0.15) is 5.75 Å². The van der Waals surface area contributed by atoms with E-state index in [1.54, 1.807) is 7.11 Å².